The number of rotatable bonds is 3. The average Bonchev–Trinajstić information content (AvgIpc) is 3.38. The minimum absolute atomic E-state index is 0.817. The second kappa shape index (κ2) is 7.08. The van der Waals surface area contributed by atoms with Crippen molar-refractivity contribution in [3.05, 3.63) is 132 Å². The van der Waals surface area contributed by atoms with Crippen molar-refractivity contribution in [3.63, 3.8) is 0 Å². The van der Waals surface area contributed by atoms with Crippen LogP contribution in [0.1, 0.15) is 16.7 Å². The molecule has 0 saturated heterocycles. The van der Waals surface area contributed by atoms with E-state index in [0.717, 1.165) is 61.1 Å². The quantitative estimate of drug-likeness (QED) is 0.298. The Morgan fingerprint density at radius 2 is 1.15 bits per heavy atom. The average molecular weight is 440 g/mol. The van der Waals surface area contributed by atoms with Gasteiger partial charge in [-0.3, -0.25) is 0 Å². The molecule has 5 aromatic carbocycles. The molecule has 0 saturated carbocycles. The van der Waals surface area contributed by atoms with Crippen molar-refractivity contribution < 1.29 is 9.52 Å². The van der Waals surface area contributed by atoms with Crippen LogP contribution >= 0.6 is 0 Å². The molecule has 0 fully saturated rings. The van der Waals surface area contributed by atoms with Gasteiger partial charge in [0, 0.05) is 44.9 Å². The highest BCUT2D eigenvalue weighted by Crippen LogP contribution is 2.52. The third-order valence-electron chi connectivity index (χ3n) is 6.90. The van der Waals surface area contributed by atoms with Crippen LogP contribution in [0.4, 0.5) is 11.4 Å². The second-order valence-electron chi connectivity index (χ2n) is 8.78. The van der Waals surface area contributed by atoms with Gasteiger partial charge in [-0.15, -0.1) is 0 Å². The smallest absolute Gasteiger partial charge is 0.143 e. The van der Waals surface area contributed by atoms with Crippen LogP contribution in [0, 0.1) is 0 Å². The van der Waals surface area contributed by atoms with E-state index in [1.54, 1.807) is 0 Å². The molecule has 0 bridgehead atoms. The summed E-state index contributed by atoms with van der Waals surface area (Å²) in [5.74, 6) is 0. The van der Waals surface area contributed by atoms with E-state index in [-0.39, 0.29) is 0 Å². The number of furan rings is 1. The molecular weight excluding hydrogens is 418 g/mol. The maximum atomic E-state index is 12.3. The molecule has 1 aliphatic carbocycles. The van der Waals surface area contributed by atoms with Gasteiger partial charge in [-0.2, -0.15) is 0 Å². The molecule has 7 rings (SSSR count). The van der Waals surface area contributed by atoms with Crippen LogP contribution in [0.25, 0.3) is 33.1 Å². The first-order valence-corrected chi connectivity index (χ1v) is 11.4. The van der Waals surface area contributed by atoms with Gasteiger partial charge in [0.25, 0.3) is 0 Å². The summed E-state index contributed by atoms with van der Waals surface area (Å²) in [6.45, 7) is 0. The van der Waals surface area contributed by atoms with Gasteiger partial charge in [0.05, 0.1) is 0 Å². The molecule has 0 aliphatic heterocycles. The van der Waals surface area contributed by atoms with E-state index in [4.69, 9.17) is 4.42 Å². The lowest BCUT2D eigenvalue weighted by Gasteiger charge is -2.29. The predicted molar refractivity (Wildman–Crippen MR) is 137 cm³/mol. The lowest BCUT2D eigenvalue weighted by atomic mass is 9.83. The normalized spacial score (nSPS) is 13.7. The van der Waals surface area contributed by atoms with E-state index >= 15 is 0 Å². The molecular formula is C31H21NO2. The Balaban J connectivity index is 1.37. The Morgan fingerprint density at radius 1 is 0.559 bits per heavy atom. The zero-order chi connectivity index (χ0) is 22.7. The lowest BCUT2D eigenvalue weighted by Crippen LogP contribution is -2.27. The Labute approximate surface area is 196 Å². The number of hydrogen-bond acceptors (Lipinski definition) is 3. The van der Waals surface area contributed by atoms with E-state index in [9.17, 15) is 5.11 Å². The highest BCUT2D eigenvalue weighted by atomic mass is 16.3. The van der Waals surface area contributed by atoms with Gasteiger partial charge in [0.2, 0.25) is 0 Å². The number of hydrogen-bond donors (Lipinski definition) is 2. The number of aliphatic hydroxyl groups is 1. The number of benzene rings is 5. The van der Waals surface area contributed by atoms with Crippen LogP contribution in [-0.2, 0) is 5.60 Å². The molecule has 0 spiro atoms. The van der Waals surface area contributed by atoms with Crippen molar-refractivity contribution in [2.24, 2.45) is 0 Å². The van der Waals surface area contributed by atoms with Crippen LogP contribution < -0.4 is 5.32 Å². The van der Waals surface area contributed by atoms with Gasteiger partial charge < -0.3 is 14.8 Å². The maximum Gasteiger partial charge on any atom is 0.143 e. The topological polar surface area (TPSA) is 45.4 Å². The molecule has 2 N–H and O–H groups in total. The first-order chi connectivity index (χ1) is 16.7. The summed E-state index contributed by atoms with van der Waals surface area (Å²) >= 11 is 0. The van der Waals surface area contributed by atoms with E-state index < -0.39 is 5.60 Å². The summed E-state index contributed by atoms with van der Waals surface area (Å²) in [6, 6.07) is 38.4. The van der Waals surface area contributed by atoms with Crippen LogP contribution in [0.2, 0.25) is 0 Å². The number of anilines is 2. The first kappa shape index (κ1) is 19.2. The Kier molecular flexibility index (Phi) is 3.99. The molecule has 162 valence electrons. The molecule has 1 aliphatic rings. The van der Waals surface area contributed by atoms with Gasteiger partial charge in [-0.05, 0) is 35.4 Å². The summed E-state index contributed by atoms with van der Waals surface area (Å²) in [6.07, 6.45) is 0. The number of para-hydroxylation sites is 2. The van der Waals surface area contributed by atoms with Crippen molar-refractivity contribution in [3.8, 4) is 11.1 Å². The van der Waals surface area contributed by atoms with Gasteiger partial charge in [-0.25, -0.2) is 0 Å². The molecule has 0 amide bonds. The van der Waals surface area contributed by atoms with E-state index in [1.165, 1.54) is 0 Å². The fraction of sp³-hybridized carbons (Fsp3) is 0.0323. The molecule has 3 heteroatoms. The molecule has 1 aromatic heterocycles. The third-order valence-corrected chi connectivity index (χ3v) is 6.90. The van der Waals surface area contributed by atoms with Crippen molar-refractivity contribution in [2.75, 3.05) is 5.32 Å². The van der Waals surface area contributed by atoms with Crippen molar-refractivity contribution in [1.82, 2.24) is 0 Å². The molecule has 3 nitrogen and oxygen atoms in total. The molecule has 1 heterocycles. The minimum Gasteiger partial charge on any atom is -0.456 e. The monoisotopic (exact) mass is 439 g/mol. The summed E-state index contributed by atoms with van der Waals surface area (Å²) in [5, 5.41) is 18.1. The lowest BCUT2D eigenvalue weighted by molar-refractivity contribution is 0.131. The minimum atomic E-state index is -1.25. The molecule has 0 atom stereocenters. The van der Waals surface area contributed by atoms with Crippen molar-refractivity contribution >= 4 is 33.3 Å². The molecule has 0 radical (unpaired) electrons. The van der Waals surface area contributed by atoms with Gasteiger partial charge in [-0.1, -0.05) is 84.9 Å². The van der Waals surface area contributed by atoms with Gasteiger partial charge in [0.1, 0.15) is 16.8 Å². The SMILES string of the molecule is OC1(c2ccccc2Nc2ccc3c(c2)oc2ccccc23)c2ccccc2-c2ccccc21. The highest BCUT2D eigenvalue weighted by Gasteiger charge is 2.44. The second-order valence-corrected chi connectivity index (χ2v) is 8.78. The number of nitrogens with one attached hydrogen (secondary N) is 1. The van der Waals surface area contributed by atoms with Crippen LogP contribution in [0.5, 0.6) is 0 Å². The zero-order valence-corrected chi connectivity index (χ0v) is 18.3. The van der Waals surface area contributed by atoms with Crippen molar-refractivity contribution in [1.29, 1.82) is 0 Å². The van der Waals surface area contributed by atoms with Crippen LogP contribution in [0.15, 0.2) is 120 Å². The third kappa shape index (κ3) is 2.62. The fourth-order valence-electron chi connectivity index (χ4n) is 5.37. The standard InChI is InChI=1S/C31H21NO2/c33-31(25-12-4-1-9-21(25)22-10-2-5-13-26(22)31)27-14-6-7-15-28(27)32-20-17-18-24-23-11-3-8-16-29(23)34-30(24)19-20/h1-19,32-33H. The molecule has 0 unspecified atom stereocenters. The largest absolute Gasteiger partial charge is 0.456 e. The predicted octanol–water partition coefficient (Wildman–Crippen LogP) is 7.59. The molecule has 34 heavy (non-hydrogen) atoms. The number of fused-ring (bicyclic) bond motifs is 6. The van der Waals surface area contributed by atoms with Crippen molar-refractivity contribution in [2.45, 2.75) is 5.60 Å². The maximum absolute atomic E-state index is 12.3. The van der Waals surface area contributed by atoms with E-state index in [0.29, 0.717) is 0 Å². The van der Waals surface area contributed by atoms with Gasteiger partial charge >= 0.3 is 0 Å². The van der Waals surface area contributed by atoms with Crippen LogP contribution in [-0.4, -0.2) is 5.11 Å². The van der Waals surface area contributed by atoms with Crippen LogP contribution in [0.3, 0.4) is 0 Å². The summed E-state index contributed by atoms with van der Waals surface area (Å²) in [5.41, 5.74) is 6.98. The van der Waals surface area contributed by atoms with E-state index in [1.807, 2.05) is 84.9 Å². The first-order valence-electron chi connectivity index (χ1n) is 11.4. The van der Waals surface area contributed by atoms with E-state index in [2.05, 4.69) is 35.6 Å². The zero-order valence-electron chi connectivity index (χ0n) is 18.3. The highest BCUT2D eigenvalue weighted by molar-refractivity contribution is 6.05. The molecule has 6 aromatic rings. The Hall–Kier alpha value is -4.34. The van der Waals surface area contributed by atoms with Gasteiger partial charge in [0.15, 0.2) is 0 Å². The Bertz CT molecular complexity index is 1670. The summed E-state index contributed by atoms with van der Waals surface area (Å²) < 4.78 is 6.08. The summed E-state index contributed by atoms with van der Waals surface area (Å²) in [4.78, 5) is 0. The fourth-order valence-corrected chi connectivity index (χ4v) is 5.37. The summed E-state index contributed by atoms with van der Waals surface area (Å²) in [7, 11) is 0. The Morgan fingerprint density at radius 3 is 1.91 bits per heavy atom.